The third kappa shape index (κ3) is 6.31. The molecule has 10 nitrogen and oxygen atoms in total. The Bertz CT molecular complexity index is 1330. The molecule has 3 N–H and O–H groups in total. The van der Waals surface area contributed by atoms with Gasteiger partial charge in [0.25, 0.3) is 11.8 Å². The number of amides is 2. The van der Waals surface area contributed by atoms with Crippen molar-refractivity contribution in [1.82, 2.24) is 25.3 Å². The van der Waals surface area contributed by atoms with Gasteiger partial charge in [-0.15, -0.1) is 5.10 Å². The number of hydrogen-bond donors (Lipinski definition) is 3. The van der Waals surface area contributed by atoms with Gasteiger partial charge in [-0.2, -0.15) is 5.26 Å². The van der Waals surface area contributed by atoms with Crippen LogP contribution in [0.5, 0.6) is 0 Å². The van der Waals surface area contributed by atoms with Crippen molar-refractivity contribution in [3.8, 4) is 11.8 Å². The van der Waals surface area contributed by atoms with Gasteiger partial charge in [0.2, 0.25) is 0 Å². The highest BCUT2D eigenvalue weighted by Crippen LogP contribution is 2.25. The average molecular weight is 490 g/mol. The molecular formula is C26H31N7O3. The van der Waals surface area contributed by atoms with Crippen molar-refractivity contribution >= 4 is 17.5 Å². The van der Waals surface area contributed by atoms with Gasteiger partial charge in [-0.05, 0) is 42.2 Å². The van der Waals surface area contributed by atoms with E-state index in [0.29, 0.717) is 28.2 Å². The number of carbonyl (C=O) groups is 2. The molecule has 10 heteroatoms. The van der Waals surface area contributed by atoms with E-state index in [4.69, 9.17) is 0 Å². The van der Waals surface area contributed by atoms with Gasteiger partial charge in [-0.3, -0.25) is 14.6 Å². The summed E-state index contributed by atoms with van der Waals surface area (Å²) in [6.45, 7) is 11.7. The predicted molar refractivity (Wildman–Crippen MR) is 135 cm³/mol. The number of aliphatic hydroxyl groups is 1. The zero-order chi connectivity index (χ0) is 26.7. The maximum atomic E-state index is 13.0. The van der Waals surface area contributed by atoms with Gasteiger partial charge < -0.3 is 15.7 Å². The molecule has 0 saturated heterocycles. The highest BCUT2D eigenvalue weighted by atomic mass is 16.3. The van der Waals surface area contributed by atoms with Crippen LogP contribution in [0.3, 0.4) is 0 Å². The third-order valence-corrected chi connectivity index (χ3v) is 5.64. The maximum absolute atomic E-state index is 13.0. The van der Waals surface area contributed by atoms with E-state index in [2.05, 4.69) is 32.0 Å². The minimum absolute atomic E-state index is 0.0678. The van der Waals surface area contributed by atoms with Gasteiger partial charge in [0, 0.05) is 24.1 Å². The number of benzene rings is 1. The zero-order valence-corrected chi connectivity index (χ0v) is 21.4. The molecule has 36 heavy (non-hydrogen) atoms. The number of nitrogens with one attached hydrogen (secondary N) is 2. The summed E-state index contributed by atoms with van der Waals surface area (Å²) >= 11 is 0. The van der Waals surface area contributed by atoms with E-state index >= 15 is 0 Å². The molecule has 3 aromatic rings. The molecule has 2 aromatic heterocycles. The van der Waals surface area contributed by atoms with Crippen LogP contribution in [0.1, 0.15) is 72.3 Å². The summed E-state index contributed by atoms with van der Waals surface area (Å²) in [6, 6.07) is 8.91. The quantitative estimate of drug-likeness (QED) is 0.462. The number of nitrogens with zero attached hydrogens (tertiary/aromatic N) is 5. The minimum atomic E-state index is -0.459. The van der Waals surface area contributed by atoms with Crippen LogP contribution in [0.15, 0.2) is 36.7 Å². The molecule has 0 atom stereocenters. The summed E-state index contributed by atoms with van der Waals surface area (Å²) in [7, 11) is 0. The van der Waals surface area contributed by atoms with Crippen LogP contribution in [0.4, 0.5) is 5.69 Å². The Balaban J connectivity index is 1.82. The lowest BCUT2D eigenvalue weighted by Crippen LogP contribution is -2.36. The maximum Gasteiger partial charge on any atom is 0.273 e. The molecule has 0 saturated carbocycles. The monoisotopic (exact) mass is 489 g/mol. The Morgan fingerprint density at radius 1 is 1.11 bits per heavy atom. The molecular weight excluding hydrogens is 458 g/mol. The van der Waals surface area contributed by atoms with Crippen molar-refractivity contribution in [2.45, 2.75) is 47.0 Å². The second-order valence-corrected chi connectivity index (χ2v) is 10.5. The lowest BCUT2D eigenvalue weighted by Gasteiger charge is -2.21. The predicted octanol–water partition coefficient (Wildman–Crippen LogP) is 3.14. The van der Waals surface area contributed by atoms with Crippen molar-refractivity contribution in [1.29, 1.82) is 5.26 Å². The van der Waals surface area contributed by atoms with Crippen LogP contribution >= 0.6 is 0 Å². The van der Waals surface area contributed by atoms with Crippen molar-refractivity contribution in [3.05, 3.63) is 64.7 Å². The molecule has 0 radical (unpaired) electrons. The molecule has 1 aromatic carbocycles. The fourth-order valence-electron chi connectivity index (χ4n) is 3.23. The van der Waals surface area contributed by atoms with Crippen molar-refractivity contribution in [2.75, 3.05) is 18.5 Å². The van der Waals surface area contributed by atoms with Gasteiger partial charge >= 0.3 is 0 Å². The summed E-state index contributed by atoms with van der Waals surface area (Å²) < 4.78 is 1.41. The van der Waals surface area contributed by atoms with Gasteiger partial charge in [-0.25, -0.2) is 4.68 Å². The fraction of sp³-hybridized carbons (Fsp3) is 0.385. The van der Waals surface area contributed by atoms with Gasteiger partial charge in [0.1, 0.15) is 0 Å². The first kappa shape index (κ1) is 26.5. The number of nitriles is 1. The number of rotatable bonds is 7. The van der Waals surface area contributed by atoms with Crippen LogP contribution in [0.25, 0.3) is 5.69 Å². The van der Waals surface area contributed by atoms with E-state index in [-0.39, 0.29) is 30.2 Å². The van der Waals surface area contributed by atoms with Crippen LogP contribution in [0, 0.1) is 23.7 Å². The molecule has 0 bridgehead atoms. The van der Waals surface area contributed by atoms with Crippen molar-refractivity contribution in [2.24, 2.45) is 5.41 Å². The molecule has 0 fully saturated rings. The van der Waals surface area contributed by atoms with Gasteiger partial charge in [0.05, 0.1) is 41.1 Å². The number of pyridine rings is 1. The van der Waals surface area contributed by atoms with E-state index in [1.165, 1.54) is 17.1 Å². The topological polar surface area (TPSA) is 146 Å². The fourth-order valence-corrected chi connectivity index (χ4v) is 3.23. The zero-order valence-electron chi connectivity index (χ0n) is 21.4. The second-order valence-electron chi connectivity index (χ2n) is 10.5. The number of aromatic nitrogens is 4. The number of anilines is 1. The normalized spacial score (nSPS) is 11.6. The molecule has 3 rings (SSSR count). The van der Waals surface area contributed by atoms with E-state index in [1.54, 1.807) is 31.2 Å². The number of carbonyl (C=O) groups excluding carboxylic acids is 2. The Labute approximate surface area is 210 Å². The largest absolute Gasteiger partial charge is 0.396 e. The lowest BCUT2D eigenvalue weighted by atomic mass is 9.85. The second kappa shape index (κ2) is 10.3. The van der Waals surface area contributed by atoms with Crippen LogP contribution in [-0.2, 0) is 5.41 Å². The van der Waals surface area contributed by atoms with Crippen LogP contribution in [0.2, 0.25) is 0 Å². The van der Waals surface area contributed by atoms with Crippen LogP contribution in [-0.4, -0.2) is 50.1 Å². The molecule has 0 aliphatic heterocycles. The van der Waals surface area contributed by atoms with Gasteiger partial charge in [0.15, 0.2) is 5.69 Å². The van der Waals surface area contributed by atoms with E-state index in [1.807, 2.05) is 34.6 Å². The molecule has 0 aliphatic carbocycles. The first-order valence-corrected chi connectivity index (χ1v) is 11.5. The number of hydrogen-bond acceptors (Lipinski definition) is 7. The Morgan fingerprint density at radius 2 is 1.83 bits per heavy atom. The molecule has 0 aliphatic rings. The third-order valence-electron chi connectivity index (χ3n) is 5.64. The molecule has 0 spiro atoms. The first-order chi connectivity index (χ1) is 16.8. The summed E-state index contributed by atoms with van der Waals surface area (Å²) in [5, 5.41) is 32.3. The van der Waals surface area contributed by atoms with E-state index in [0.717, 1.165) is 5.56 Å². The summed E-state index contributed by atoms with van der Waals surface area (Å²) in [5.41, 5.74) is 2.66. The first-order valence-electron chi connectivity index (χ1n) is 11.5. The minimum Gasteiger partial charge on any atom is -0.396 e. The van der Waals surface area contributed by atoms with E-state index in [9.17, 15) is 20.0 Å². The Morgan fingerprint density at radius 3 is 2.47 bits per heavy atom. The highest BCUT2D eigenvalue weighted by Gasteiger charge is 2.21. The molecule has 188 valence electrons. The standard InChI is InChI=1S/C26H31N7O3/c1-16-22(33-13-21(31-32-33)24(36)29-14-26(5,6)15-34)10-20(12-28-16)30-23(35)18-7-17(11-27)8-19(9-18)25(2,3)4/h7-10,12-13,34H,14-15H2,1-6H3,(H,29,36)(H,30,35). The molecule has 2 amide bonds. The SMILES string of the molecule is Cc1ncc(NC(=O)c2cc(C#N)cc(C(C)(C)C)c2)cc1-n1cc(C(=O)NCC(C)(C)CO)nn1. The average Bonchev–Trinajstić information content (AvgIpc) is 3.33. The summed E-state index contributed by atoms with van der Waals surface area (Å²) in [4.78, 5) is 29.8. The van der Waals surface area contributed by atoms with E-state index < -0.39 is 11.3 Å². The summed E-state index contributed by atoms with van der Waals surface area (Å²) in [5.74, 6) is -0.788. The number of aliphatic hydroxyl groups excluding tert-OH is 1. The number of aryl methyl sites for hydroxylation is 1. The van der Waals surface area contributed by atoms with Crippen molar-refractivity contribution in [3.63, 3.8) is 0 Å². The molecule has 2 heterocycles. The Hall–Kier alpha value is -4.10. The van der Waals surface area contributed by atoms with Gasteiger partial charge in [-0.1, -0.05) is 39.8 Å². The van der Waals surface area contributed by atoms with Crippen molar-refractivity contribution < 1.29 is 14.7 Å². The lowest BCUT2D eigenvalue weighted by molar-refractivity contribution is 0.0905. The Kier molecular flexibility index (Phi) is 7.55. The highest BCUT2D eigenvalue weighted by molar-refractivity contribution is 6.04. The molecule has 0 unspecified atom stereocenters. The smallest absolute Gasteiger partial charge is 0.273 e. The summed E-state index contributed by atoms with van der Waals surface area (Å²) in [6.07, 6.45) is 3.00. The van der Waals surface area contributed by atoms with Crippen LogP contribution < -0.4 is 10.6 Å².